The minimum atomic E-state index is -0.601. The summed E-state index contributed by atoms with van der Waals surface area (Å²) >= 11 is 0. The van der Waals surface area contributed by atoms with Crippen LogP contribution in [0.15, 0.2) is 0 Å². The third kappa shape index (κ3) is 0.870. The van der Waals surface area contributed by atoms with Gasteiger partial charge in [-0.05, 0) is 20.8 Å². The summed E-state index contributed by atoms with van der Waals surface area (Å²) in [6.07, 6.45) is 0. The number of amides is 1. The lowest BCUT2D eigenvalue weighted by atomic mass is 9.96. The zero-order valence-electron chi connectivity index (χ0n) is 7.34. The van der Waals surface area contributed by atoms with E-state index in [1.807, 2.05) is 0 Å². The Hall–Kier alpha value is -0.860. The fourth-order valence-electron chi connectivity index (χ4n) is 1.37. The van der Waals surface area contributed by atoms with E-state index in [0.29, 0.717) is 0 Å². The van der Waals surface area contributed by atoms with Crippen LogP contribution in [0.1, 0.15) is 20.8 Å². The normalized spacial score (nSPS) is 29.8. The first-order valence-electron chi connectivity index (χ1n) is 3.71. The van der Waals surface area contributed by atoms with Gasteiger partial charge in [-0.15, -0.1) is 0 Å². The molecule has 1 heterocycles. The predicted molar refractivity (Wildman–Crippen MR) is 41.0 cm³/mol. The fraction of sp³-hybridized carbons (Fsp3) is 0.750. The minimum Gasteiger partial charge on any atom is -0.333 e. The average Bonchev–Trinajstić information content (AvgIpc) is 2.06. The number of Topliss-reactive ketones (excluding diaryl/α,β-unsaturated/α-hetero) is 1. The van der Waals surface area contributed by atoms with Crippen molar-refractivity contribution in [3.05, 3.63) is 0 Å². The molecule has 0 aromatic carbocycles. The van der Waals surface area contributed by atoms with Gasteiger partial charge in [-0.1, -0.05) is 0 Å². The molecule has 0 aromatic heterocycles. The topological polar surface area (TPSA) is 37.4 Å². The van der Waals surface area contributed by atoms with E-state index in [2.05, 4.69) is 0 Å². The number of nitrogens with zero attached hydrogens (tertiary/aromatic N) is 1. The lowest BCUT2D eigenvalue weighted by Crippen LogP contribution is -2.41. The van der Waals surface area contributed by atoms with Crippen LogP contribution in [-0.2, 0) is 9.59 Å². The molecule has 1 aliphatic heterocycles. The maximum Gasteiger partial charge on any atom is 0.233 e. The summed E-state index contributed by atoms with van der Waals surface area (Å²) in [6.45, 7) is 5.21. The third-order valence-electron chi connectivity index (χ3n) is 2.54. The number of carbonyl (C=O) groups is 2. The molecule has 1 amide bonds. The van der Waals surface area contributed by atoms with Gasteiger partial charge < -0.3 is 4.90 Å². The number of ketones is 1. The van der Waals surface area contributed by atoms with Gasteiger partial charge in [0.15, 0.2) is 5.78 Å². The van der Waals surface area contributed by atoms with Crippen molar-refractivity contribution in [1.29, 1.82) is 0 Å². The molecule has 0 radical (unpaired) electrons. The summed E-state index contributed by atoms with van der Waals surface area (Å²) in [6, 6.07) is 0. The summed E-state index contributed by atoms with van der Waals surface area (Å²) in [5, 5.41) is 0. The summed E-state index contributed by atoms with van der Waals surface area (Å²) in [7, 11) is 1.67. The number of likely N-dealkylation sites (N-methyl/N-ethyl adjacent to an activating group) is 1. The van der Waals surface area contributed by atoms with Crippen molar-refractivity contribution >= 4 is 11.7 Å². The quantitative estimate of drug-likeness (QED) is 0.476. The van der Waals surface area contributed by atoms with Gasteiger partial charge in [-0.25, -0.2) is 0 Å². The molecule has 3 heteroatoms. The molecular weight excluding hydrogens is 142 g/mol. The Kier molecular flexibility index (Phi) is 1.54. The molecule has 0 saturated carbocycles. The molecule has 0 bridgehead atoms. The van der Waals surface area contributed by atoms with Crippen molar-refractivity contribution in [2.75, 3.05) is 7.05 Å². The molecule has 1 saturated heterocycles. The van der Waals surface area contributed by atoms with E-state index in [-0.39, 0.29) is 11.7 Å². The predicted octanol–water partition coefficient (Wildman–Crippen LogP) is 0.442. The summed E-state index contributed by atoms with van der Waals surface area (Å²) in [4.78, 5) is 24.1. The molecule has 1 atom stereocenters. The summed E-state index contributed by atoms with van der Waals surface area (Å²) in [5.74, 6) is -0.500. The number of hydrogen-bond acceptors (Lipinski definition) is 2. The standard InChI is InChI=1S/C8H13NO2/c1-5-6(10)8(2,3)9(4)7(5)11/h5H,1-4H3. The maximum atomic E-state index is 11.4. The second-order valence-electron chi connectivity index (χ2n) is 3.54. The van der Waals surface area contributed by atoms with Crippen LogP contribution in [-0.4, -0.2) is 29.2 Å². The van der Waals surface area contributed by atoms with E-state index in [4.69, 9.17) is 0 Å². The highest BCUT2D eigenvalue weighted by atomic mass is 16.2. The van der Waals surface area contributed by atoms with Crippen LogP contribution in [0, 0.1) is 5.92 Å². The van der Waals surface area contributed by atoms with Gasteiger partial charge in [0, 0.05) is 7.05 Å². The highest BCUT2D eigenvalue weighted by Crippen LogP contribution is 2.27. The smallest absolute Gasteiger partial charge is 0.233 e. The maximum absolute atomic E-state index is 11.4. The second-order valence-corrected chi connectivity index (χ2v) is 3.54. The van der Waals surface area contributed by atoms with Gasteiger partial charge >= 0.3 is 0 Å². The SMILES string of the molecule is CC1C(=O)N(C)C(C)(C)C1=O. The number of carbonyl (C=O) groups excluding carboxylic acids is 2. The molecular formula is C8H13NO2. The molecule has 0 spiro atoms. The van der Waals surface area contributed by atoms with E-state index in [0.717, 1.165) is 0 Å². The monoisotopic (exact) mass is 155 g/mol. The van der Waals surface area contributed by atoms with E-state index in [9.17, 15) is 9.59 Å². The molecule has 1 rings (SSSR count). The molecule has 1 fully saturated rings. The van der Waals surface area contributed by atoms with Crippen LogP contribution >= 0.6 is 0 Å². The van der Waals surface area contributed by atoms with Gasteiger partial charge in [-0.3, -0.25) is 9.59 Å². The Morgan fingerprint density at radius 2 is 1.82 bits per heavy atom. The van der Waals surface area contributed by atoms with Gasteiger partial charge in [-0.2, -0.15) is 0 Å². The van der Waals surface area contributed by atoms with Crippen molar-refractivity contribution in [2.24, 2.45) is 5.92 Å². The lowest BCUT2D eigenvalue weighted by molar-refractivity contribution is -0.131. The van der Waals surface area contributed by atoms with Gasteiger partial charge in [0.05, 0.1) is 11.5 Å². The van der Waals surface area contributed by atoms with Crippen molar-refractivity contribution in [3.8, 4) is 0 Å². The largest absolute Gasteiger partial charge is 0.333 e. The number of rotatable bonds is 0. The van der Waals surface area contributed by atoms with Crippen molar-refractivity contribution in [3.63, 3.8) is 0 Å². The van der Waals surface area contributed by atoms with Crippen LogP contribution in [0.25, 0.3) is 0 Å². The Balaban J connectivity index is 3.06. The van der Waals surface area contributed by atoms with Gasteiger partial charge in [0.1, 0.15) is 0 Å². The van der Waals surface area contributed by atoms with Gasteiger partial charge in [0.2, 0.25) is 5.91 Å². The third-order valence-corrected chi connectivity index (χ3v) is 2.54. The molecule has 0 N–H and O–H groups in total. The Morgan fingerprint density at radius 1 is 1.36 bits per heavy atom. The first-order chi connectivity index (χ1) is 4.89. The van der Waals surface area contributed by atoms with Crippen LogP contribution in [0.3, 0.4) is 0 Å². The number of hydrogen-bond donors (Lipinski definition) is 0. The average molecular weight is 155 g/mol. The zero-order valence-corrected chi connectivity index (χ0v) is 7.34. The van der Waals surface area contributed by atoms with Crippen LogP contribution in [0.4, 0.5) is 0 Å². The molecule has 62 valence electrons. The van der Waals surface area contributed by atoms with E-state index in [1.165, 1.54) is 4.90 Å². The fourth-order valence-corrected chi connectivity index (χ4v) is 1.37. The van der Waals surface area contributed by atoms with E-state index >= 15 is 0 Å². The van der Waals surface area contributed by atoms with E-state index < -0.39 is 11.5 Å². The summed E-state index contributed by atoms with van der Waals surface area (Å²) in [5.41, 5.74) is -0.601. The Morgan fingerprint density at radius 3 is 1.91 bits per heavy atom. The van der Waals surface area contributed by atoms with Crippen LogP contribution in [0.5, 0.6) is 0 Å². The molecule has 0 aliphatic carbocycles. The minimum absolute atomic E-state index is 0.0185. The second kappa shape index (κ2) is 2.06. The summed E-state index contributed by atoms with van der Waals surface area (Å²) < 4.78 is 0. The Bertz CT molecular complexity index is 220. The molecule has 1 unspecified atom stereocenters. The van der Waals surface area contributed by atoms with Crippen LogP contribution in [0.2, 0.25) is 0 Å². The van der Waals surface area contributed by atoms with Crippen molar-refractivity contribution in [1.82, 2.24) is 4.90 Å². The molecule has 11 heavy (non-hydrogen) atoms. The van der Waals surface area contributed by atoms with E-state index in [1.54, 1.807) is 27.8 Å². The van der Waals surface area contributed by atoms with Crippen LogP contribution < -0.4 is 0 Å². The highest BCUT2D eigenvalue weighted by molar-refractivity contribution is 6.11. The zero-order chi connectivity index (χ0) is 8.81. The lowest BCUT2D eigenvalue weighted by Gasteiger charge is -2.25. The van der Waals surface area contributed by atoms with Gasteiger partial charge in [0.25, 0.3) is 0 Å². The molecule has 1 aliphatic rings. The molecule has 3 nitrogen and oxygen atoms in total. The van der Waals surface area contributed by atoms with Crippen molar-refractivity contribution in [2.45, 2.75) is 26.3 Å². The highest BCUT2D eigenvalue weighted by Gasteiger charge is 2.48. The van der Waals surface area contributed by atoms with Crippen molar-refractivity contribution < 1.29 is 9.59 Å². The number of likely N-dealkylation sites (tertiary alicyclic amines) is 1. The molecule has 0 aromatic rings. The Labute approximate surface area is 66.4 Å². The first kappa shape index (κ1) is 8.24. The first-order valence-corrected chi connectivity index (χ1v) is 3.71.